The number of aryl methyl sites for hydroxylation is 1. The minimum absolute atomic E-state index is 0.00678. The number of benzene rings is 3. The molecule has 6 heteroatoms. The third kappa shape index (κ3) is 6.35. The number of nitrogens with one attached hydrogen (secondary N) is 1. The first-order valence-corrected chi connectivity index (χ1v) is 12.0. The van der Waals surface area contributed by atoms with Crippen LogP contribution in [0.1, 0.15) is 38.3 Å². The summed E-state index contributed by atoms with van der Waals surface area (Å²) in [6.45, 7) is 7.95. The van der Waals surface area contributed by atoms with Gasteiger partial charge in [-0.3, -0.25) is 9.59 Å². The molecular weight excluding hydrogens is 480 g/mol. The van der Waals surface area contributed by atoms with Gasteiger partial charge in [-0.15, -0.1) is 0 Å². The van der Waals surface area contributed by atoms with Crippen molar-refractivity contribution >= 4 is 38.5 Å². The Kier molecular flexibility index (Phi) is 8.50. The van der Waals surface area contributed by atoms with Gasteiger partial charge in [0.25, 0.3) is 5.91 Å². The fraction of sp³-hybridized carbons (Fsp3) is 0.333. The number of hydrogen-bond donors (Lipinski definition) is 1. The van der Waals surface area contributed by atoms with Gasteiger partial charge in [0.1, 0.15) is 11.8 Å². The van der Waals surface area contributed by atoms with Crippen molar-refractivity contribution in [1.82, 2.24) is 10.2 Å². The lowest BCUT2D eigenvalue weighted by molar-refractivity contribution is -0.143. The number of nitrogens with zero attached hydrogens (tertiary/aromatic N) is 1. The summed E-state index contributed by atoms with van der Waals surface area (Å²) in [5.74, 6) is 0.207. The third-order valence-electron chi connectivity index (χ3n) is 5.47. The van der Waals surface area contributed by atoms with Crippen LogP contribution in [0, 0.1) is 6.92 Å². The highest BCUT2D eigenvalue weighted by Gasteiger charge is 2.29. The highest BCUT2D eigenvalue weighted by Crippen LogP contribution is 2.33. The molecule has 174 valence electrons. The van der Waals surface area contributed by atoms with Gasteiger partial charge in [-0.05, 0) is 65.5 Å². The molecule has 3 aromatic carbocycles. The van der Waals surface area contributed by atoms with Gasteiger partial charge in [0.05, 0.1) is 4.47 Å². The van der Waals surface area contributed by atoms with Gasteiger partial charge in [-0.25, -0.2) is 0 Å². The van der Waals surface area contributed by atoms with E-state index >= 15 is 0 Å². The van der Waals surface area contributed by atoms with Crippen LogP contribution in [0.25, 0.3) is 10.8 Å². The maximum atomic E-state index is 13.4. The molecule has 0 aliphatic heterocycles. The van der Waals surface area contributed by atoms with Crippen molar-refractivity contribution in [1.29, 1.82) is 0 Å². The quantitative estimate of drug-likeness (QED) is 0.406. The molecule has 0 radical (unpaired) electrons. The van der Waals surface area contributed by atoms with Crippen molar-refractivity contribution in [3.63, 3.8) is 0 Å². The molecule has 33 heavy (non-hydrogen) atoms. The van der Waals surface area contributed by atoms with Gasteiger partial charge in [-0.2, -0.15) is 0 Å². The Bertz CT molecular complexity index is 1110. The molecule has 0 saturated carbocycles. The van der Waals surface area contributed by atoms with E-state index in [1.54, 1.807) is 4.90 Å². The van der Waals surface area contributed by atoms with E-state index in [-0.39, 0.29) is 24.5 Å². The SMILES string of the molecule is CCC(C(=O)NC(C)C)N(Cc1ccc(C)cc1)C(=O)COc1ccc2ccccc2c1Br. The van der Waals surface area contributed by atoms with Crippen molar-refractivity contribution in [2.24, 2.45) is 0 Å². The predicted molar refractivity (Wildman–Crippen MR) is 136 cm³/mol. The van der Waals surface area contributed by atoms with Crippen LogP contribution >= 0.6 is 15.9 Å². The van der Waals surface area contributed by atoms with E-state index in [4.69, 9.17) is 4.74 Å². The third-order valence-corrected chi connectivity index (χ3v) is 6.29. The van der Waals surface area contributed by atoms with E-state index in [2.05, 4.69) is 21.2 Å². The molecule has 0 aliphatic rings. The average Bonchev–Trinajstić information content (AvgIpc) is 2.79. The maximum absolute atomic E-state index is 13.4. The van der Waals surface area contributed by atoms with Gasteiger partial charge in [0.2, 0.25) is 5.91 Å². The minimum Gasteiger partial charge on any atom is -0.483 e. The number of rotatable bonds is 9. The predicted octanol–water partition coefficient (Wildman–Crippen LogP) is 5.62. The molecule has 3 aromatic rings. The highest BCUT2D eigenvalue weighted by molar-refractivity contribution is 9.10. The van der Waals surface area contributed by atoms with Gasteiger partial charge < -0.3 is 15.0 Å². The number of halogens is 1. The van der Waals surface area contributed by atoms with E-state index in [1.807, 2.05) is 88.4 Å². The van der Waals surface area contributed by atoms with Gasteiger partial charge in [-0.1, -0.05) is 67.1 Å². The number of fused-ring (bicyclic) bond motifs is 1. The van der Waals surface area contributed by atoms with Gasteiger partial charge >= 0.3 is 0 Å². The van der Waals surface area contributed by atoms with Crippen LogP contribution in [0.2, 0.25) is 0 Å². The van der Waals surface area contributed by atoms with Crippen molar-refractivity contribution in [3.8, 4) is 5.75 Å². The number of ether oxygens (including phenoxy) is 1. The van der Waals surface area contributed by atoms with E-state index in [1.165, 1.54) is 0 Å². The lowest BCUT2D eigenvalue weighted by atomic mass is 10.1. The second-order valence-electron chi connectivity index (χ2n) is 8.48. The molecule has 1 atom stereocenters. The van der Waals surface area contributed by atoms with E-state index in [9.17, 15) is 9.59 Å². The average molecular weight is 511 g/mol. The Hall–Kier alpha value is -2.86. The number of amides is 2. The fourth-order valence-electron chi connectivity index (χ4n) is 3.74. The Morgan fingerprint density at radius 3 is 2.39 bits per heavy atom. The molecule has 0 heterocycles. The second-order valence-corrected chi connectivity index (χ2v) is 9.28. The van der Waals surface area contributed by atoms with Crippen molar-refractivity contribution in [2.45, 2.75) is 52.7 Å². The topological polar surface area (TPSA) is 58.6 Å². The Balaban J connectivity index is 1.82. The Morgan fingerprint density at radius 1 is 1.03 bits per heavy atom. The molecule has 1 N–H and O–H groups in total. The first kappa shape index (κ1) is 24.8. The van der Waals surface area contributed by atoms with Crippen LogP contribution in [0.4, 0.5) is 0 Å². The number of carbonyl (C=O) groups excluding carboxylic acids is 2. The van der Waals surface area contributed by atoms with Gasteiger partial charge in [0, 0.05) is 12.6 Å². The molecule has 5 nitrogen and oxygen atoms in total. The van der Waals surface area contributed by atoms with Crippen LogP contribution in [0.15, 0.2) is 65.1 Å². The zero-order valence-corrected chi connectivity index (χ0v) is 21.2. The van der Waals surface area contributed by atoms with E-state index < -0.39 is 6.04 Å². The molecule has 1 unspecified atom stereocenters. The molecule has 0 spiro atoms. The number of hydrogen-bond acceptors (Lipinski definition) is 3. The monoisotopic (exact) mass is 510 g/mol. The summed E-state index contributed by atoms with van der Waals surface area (Å²) in [6.07, 6.45) is 0.510. The van der Waals surface area contributed by atoms with Crippen molar-refractivity contribution < 1.29 is 14.3 Å². The normalized spacial score (nSPS) is 11.9. The van der Waals surface area contributed by atoms with Crippen LogP contribution in [-0.2, 0) is 16.1 Å². The molecule has 0 aliphatic carbocycles. The lowest BCUT2D eigenvalue weighted by Gasteiger charge is -2.31. The Labute approximate surface area is 204 Å². The largest absolute Gasteiger partial charge is 0.483 e. The van der Waals surface area contributed by atoms with Crippen LogP contribution in [0.5, 0.6) is 5.75 Å². The van der Waals surface area contributed by atoms with Crippen molar-refractivity contribution in [3.05, 3.63) is 76.3 Å². The first-order chi connectivity index (χ1) is 15.8. The molecule has 0 fully saturated rings. The van der Waals surface area contributed by atoms with E-state index in [0.29, 0.717) is 18.7 Å². The molecule has 0 aromatic heterocycles. The smallest absolute Gasteiger partial charge is 0.261 e. The lowest BCUT2D eigenvalue weighted by Crippen LogP contribution is -2.51. The summed E-state index contributed by atoms with van der Waals surface area (Å²) < 4.78 is 6.74. The fourth-order valence-corrected chi connectivity index (χ4v) is 4.35. The Morgan fingerprint density at radius 2 is 1.73 bits per heavy atom. The zero-order chi connectivity index (χ0) is 24.0. The summed E-state index contributed by atoms with van der Waals surface area (Å²) in [6, 6.07) is 19.2. The van der Waals surface area contributed by atoms with Crippen LogP contribution < -0.4 is 10.1 Å². The summed E-state index contributed by atoms with van der Waals surface area (Å²) in [5, 5.41) is 5.05. The summed E-state index contributed by atoms with van der Waals surface area (Å²) in [4.78, 5) is 27.9. The molecule has 0 saturated heterocycles. The summed E-state index contributed by atoms with van der Waals surface area (Å²) >= 11 is 3.61. The standard InChI is InChI=1S/C27H31BrN2O3/c1-5-23(27(32)29-18(2)3)30(16-20-12-10-19(4)11-13-20)25(31)17-33-24-15-14-21-8-6-7-9-22(21)26(24)28/h6-15,18,23H,5,16-17H2,1-4H3,(H,29,32). The van der Waals surface area contributed by atoms with Crippen LogP contribution in [0.3, 0.4) is 0 Å². The van der Waals surface area contributed by atoms with Crippen molar-refractivity contribution in [2.75, 3.05) is 6.61 Å². The summed E-state index contributed by atoms with van der Waals surface area (Å²) in [7, 11) is 0. The molecule has 3 rings (SSSR count). The molecular formula is C27H31BrN2O3. The molecule has 0 bridgehead atoms. The minimum atomic E-state index is -0.579. The maximum Gasteiger partial charge on any atom is 0.261 e. The zero-order valence-electron chi connectivity index (χ0n) is 19.6. The molecule has 2 amide bonds. The van der Waals surface area contributed by atoms with E-state index in [0.717, 1.165) is 26.4 Å². The number of carbonyl (C=O) groups is 2. The summed E-state index contributed by atoms with van der Waals surface area (Å²) in [5.41, 5.74) is 2.11. The second kappa shape index (κ2) is 11.3. The van der Waals surface area contributed by atoms with Gasteiger partial charge in [0.15, 0.2) is 6.61 Å². The van der Waals surface area contributed by atoms with Crippen LogP contribution in [-0.4, -0.2) is 35.4 Å². The first-order valence-electron chi connectivity index (χ1n) is 11.3. The highest BCUT2D eigenvalue weighted by atomic mass is 79.9.